The first kappa shape index (κ1) is 24.7. The summed E-state index contributed by atoms with van der Waals surface area (Å²) in [5.74, 6) is 1.37. The molecule has 0 fully saturated rings. The molecule has 0 saturated carbocycles. The zero-order chi connectivity index (χ0) is 22.6. The van der Waals surface area contributed by atoms with Gasteiger partial charge in [-0.1, -0.05) is 32.4 Å². The van der Waals surface area contributed by atoms with Crippen LogP contribution in [0.2, 0.25) is 0 Å². The molecule has 0 bridgehead atoms. The van der Waals surface area contributed by atoms with E-state index in [2.05, 4.69) is 63.4 Å². The SMILES string of the molecule is CC1=CC(Nc2ncc(Br)c(N[C@H](C)[C@@H](C)O)n2)=CCC(C(C)(C)C)=C1CS(N)=O. The van der Waals surface area contributed by atoms with Gasteiger partial charge in [-0.05, 0) is 65.8 Å². The Bertz CT molecular complexity index is 903. The lowest BCUT2D eigenvalue weighted by atomic mass is 9.80. The van der Waals surface area contributed by atoms with Crippen LogP contribution < -0.4 is 15.8 Å². The Hall–Kier alpha value is -1.55. The van der Waals surface area contributed by atoms with Crippen LogP contribution in [0.15, 0.2) is 45.2 Å². The number of aliphatic hydroxyl groups excluding tert-OH is 1. The first-order valence-electron chi connectivity index (χ1n) is 9.86. The molecule has 0 amide bonds. The van der Waals surface area contributed by atoms with Gasteiger partial charge in [-0.2, -0.15) is 4.98 Å². The van der Waals surface area contributed by atoms with Crippen LogP contribution >= 0.6 is 15.9 Å². The predicted octanol–water partition coefficient (Wildman–Crippen LogP) is 4.03. The van der Waals surface area contributed by atoms with E-state index in [1.165, 1.54) is 5.57 Å². The number of allylic oxidation sites excluding steroid dienone is 4. The fourth-order valence-corrected chi connectivity index (χ4v) is 4.13. The second-order valence-corrected chi connectivity index (χ2v) is 10.5. The largest absolute Gasteiger partial charge is 0.391 e. The van der Waals surface area contributed by atoms with E-state index in [4.69, 9.17) is 5.14 Å². The second-order valence-electron chi connectivity index (χ2n) is 8.61. The molecule has 0 saturated heterocycles. The Morgan fingerprint density at radius 2 is 2.03 bits per heavy atom. The number of anilines is 2. The highest BCUT2D eigenvalue weighted by Crippen LogP contribution is 2.36. The zero-order valence-electron chi connectivity index (χ0n) is 18.4. The van der Waals surface area contributed by atoms with Crippen molar-refractivity contribution in [3.8, 4) is 0 Å². The standard InChI is InChI=1S/C21H32BrN5O2S/c1-12-9-15(7-8-17(21(4,5)6)16(12)11-30(23)29)26-20-24-10-18(22)19(27-20)25-13(2)14(3)28/h7,9-10,13-14,28H,8,11,23H2,1-6H3,(H2,24,25,26,27)/t13-,14-,30?/m1/s1. The van der Waals surface area contributed by atoms with Crippen molar-refractivity contribution >= 4 is 38.7 Å². The van der Waals surface area contributed by atoms with Gasteiger partial charge in [0.2, 0.25) is 5.95 Å². The summed E-state index contributed by atoms with van der Waals surface area (Å²) in [5.41, 5.74) is 4.08. The number of rotatable bonds is 7. The molecule has 0 aromatic carbocycles. The van der Waals surface area contributed by atoms with Crippen molar-refractivity contribution in [1.29, 1.82) is 0 Å². The van der Waals surface area contributed by atoms with E-state index in [1.807, 2.05) is 19.9 Å². The average molecular weight is 498 g/mol. The van der Waals surface area contributed by atoms with Crippen LogP contribution in [0.5, 0.6) is 0 Å². The fraction of sp³-hybridized carbons (Fsp3) is 0.524. The molecule has 9 heteroatoms. The van der Waals surface area contributed by atoms with Gasteiger partial charge < -0.3 is 15.7 Å². The summed E-state index contributed by atoms with van der Waals surface area (Å²) in [4.78, 5) is 8.89. The van der Waals surface area contributed by atoms with Crippen LogP contribution in [-0.2, 0) is 11.0 Å². The highest BCUT2D eigenvalue weighted by molar-refractivity contribution is 9.10. The van der Waals surface area contributed by atoms with Gasteiger partial charge in [-0.25, -0.2) is 9.19 Å². The third kappa shape index (κ3) is 6.73. The quantitative estimate of drug-likeness (QED) is 0.452. The molecule has 7 nitrogen and oxygen atoms in total. The maximum absolute atomic E-state index is 11.8. The molecule has 1 aromatic heterocycles. The van der Waals surface area contributed by atoms with Crippen molar-refractivity contribution in [3.05, 3.63) is 45.2 Å². The van der Waals surface area contributed by atoms with Crippen molar-refractivity contribution in [3.63, 3.8) is 0 Å². The van der Waals surface area contributed by atoms with Gasteiger partial charge in [0.25, 0.3) is 0 Å². The highest BCUT2D eigenvalue weighted by atomic mass is 79.9. The molecule has 1 heterocycles. The first-order valence-corrected chi connectivity index (χ1v) is 12.0. The van der Waals surface area contributed by atoms with E-state index in [9.17, 15) is 9.32 Å². The Morgan fingerprint density at radius 3 is 2.60 bits per heavy atom. The van der Waals surface area contributed by atoms with E-state index in [-0.39, 0.29) is 11.5 Å². The molecule has 0 spiro atoms. The number of aliphatic hydroxyl groups is 1. The number of halogens is 1. The summed E-state index contributed by atoms with van der Waals surface area (Å²) in [5, 5.41) is 21.8. The van der Waals surface area contributed by atoms with E-state index >= 15 is 0 Å². The third-order valence-electron chi connectivity index (χ3n) is 5.02. The molecule has 1 aromatic rings. The van der Waals surface area contributed by atoms with Gasteiger partial charge >= 0.3 is 0 Å². The number of aromatic nitrogens is 2. The third-order valence-corrected chi connectivity index (χ3v) is 6.17. The molecule has 0 radical (unpaired) electrons. The number of nitrogens with two attached hydrogens (primary N) is 1. The van der Waals surface area contributed by atoms with Crippen LogP contribution in [0.3, 0.4) is 0 Å². The number of hydrogen-bond donors (Lipinski definition) is 4. The minimum Gasteiger partial charge on any atom is -0.391 e. The lowest BCUT2D eigenvalue weighted by molar-refractivity contribution is 0.177. The summed E-state index contributed by atoms with van der Waals surface area (Å²) in [7, 11) is -1.41. The molecule has 3 atom stereocenters. The fourth-order valence-electron chi connectivity index (χ4n) is 3.14. The number of hydrogen-bond acceptors (Lipinski definition) is 6. The maximum atomic E-state index is 11.8. The Labute approximate surface area is 190 Å². The lowest BCUT2D eigenvalue weighted by Gasteiger charge is -2.26. The Morgan fingerprint density at radius 1 is 1.37 bits per heavy atom. The van der Waals surface area contributed by atoms with Crippen molar-refractivity contribution in [2.75, 3.05) is 16.4 Å². The molecule has 30 heavy (non-hydrogen) atoms. The summed E-state index contributed by atoms with van der Waals surface area (Å²) in [6.07, 6.45) is 5.96. The van der Waals surface area contributed by atoms with Crippen LogP contribution in [0.1, 0.15) is 48.0 Å². The van der Waals surface area contributed by atoms with Crippen LogP contribution in [0, 0.1) is 5.41 Å². The van der Waals surface area contributed by atoms with E-state index in [0.29, 0.717) is 28.4 Å². The predicted molar refractivity (Wildman–Crippen MR) is 128 cm³/mol. The van der Waals surface area contributed by atoms with E-state index < -0.39 is 17.1 Å². The second kappa shape index (κ2) is 10.2. The Kier molecular flexibility index (Phi) is 8.38. The lowest BCUT2D eigenvalue weighted by Crippen LogP contribution is -2.28. The summed E-state index contributed by atoms with van der Waals surface area (Å²) < 4.78 is 12.5. The topological polar surface area (TPSA) is 113 Å². The first-order chi connectivity index (χ1) is 13.9. The van der Waals surface area contributed by atoms with Crippen molar-refractivity contribution in [2.24, 2.45) is 10.6 Å². The van der Waals surface area contributed by atoms with Gasteiger partial charge in [0.15, 0.2) is 0 Å². The Balaban J connectivity index is 2.31. The molecule has 0 aliphatic heterocycles. The monoisotopic (exact) mass is 497 g/mol. The van der Waals surface area contributed by atoms with Crippen molar-refractivity contribution in [2.45, 2.75) is 60.1 Å². The van der Waals surface area contributed by atoms with Gasteiger partial charge in [-0.15, -0.1) is 0 Å². The summed E-state index contributed by atoms with van der Waals surface area (Å²) in [6.45, 7) is 12.1. The van der Waals surface area contributed by atoms with Crippen molar-refractivity contribution < 1.29 is 9.32 Å². The van der Waals surface area contributed by atoms with Gasteiger partial charge in [0, 0.05) is 11.9 Å². The van der Waals surface area contributed by atoms with Gasteiger partial charge in [0.1, 0.15) is 5.82 Å². The molecule has 1 unspecified atom stereocenters. The summed E-state index contributed by atoms with van der Waals surface area (Å²) >= 11 is 3.44. The summed E-state index contributed by atoms with van der Waals surface area (Å²) in [6, 6.07) is -0.165. The smallest absolute Gasteiger partial charge is 0.229 e. The normalized spacial score (nSPS) is 18.2. The van der Waals surface area contributed by atoms with Crippen LogP contribution in [-0.4, -0.2) is 37.2 Å². The average Bonchev–Trinajstić information content (AvgIpc) is 2.76. The molecular weight excluding hydrogens is 466 g/mol. The number of nitrogens with zero attached hydrogens (tertiary/aromatic N) is 2. The van der Waals surface area contributed by atoms with Crippen molar-refractivity contribution in [1.82, 2.24) is 9.97 Å². The molecular formula is C21H32BrN5O2S. The minimum absolute atomic E-state index is 0.0713. The maximum Gasteiger partial charge on any atom is 0.229 e. The van der Waals surface area contributed by atoms with E-state index in [1.54, 1.807) is 13.1 Å². The molecule has 1 aliphatic rings. The zero-order valence-corrected chi connectivity index (χ0v) is 20.8. The number of nitrogens with one attached hydrogen (secondary N) is 2. The van der Waals surface area contributed by atoms with Crippen LogP contribution in [0.25, 0.3) is 0 Å². The molecule has 5 N–H and O–H groups in total. The minimum atomic E-state index is -1.41. The highest BCUT2D eigenvalue weighted by Gasteiger charge is 2.24. The van der Waals surface area contributed by atoms with E-state index in [0.717, 1.165) is 16.8 Å². The molecule has 166 valence electrons. The molecule has 1 aliphatic carbocycles. The van der Waals surface area contributed by atoms with Gasteiger partial charge in [0.05, 0.1) is 33.4 Å². The van der Waals surface area contributed by atoms with Crippen LogP contribution in [0.4, 0.5) is 11.8 Å². The molecule has 2 rings (SSSR count). The van der Waals surface area contributed by atoms with Gasteiger partial charge in [-0.3, -0.25) is 5.14 Å².